The summed E-state index contributed by atoms with van der Waals surface area (Å²) < 4.78 is 88.1. The van der Waals surface area contributed by atoms with Crippen LogP contribution in [0.1, 0.15) is 6.42 Å². The average Bonchev–Trinajstić information content (AvgIpc) is 2.46. The summed E-state index contributed by atoms with van der Waals surface area (Å²) in [4.78, 5) is 10.8. The van der Waals surface area contributed by atoms with E-state index in [0.717, 1.165) is 0 Å². The van der Waals surface area contributed by atoms with Gasteiger partial charge in [0.15, 0.2) is 16.1 Å². The minimum Gasteiger partial charge on any atom is -0.464 e. The van der Waals surface area contributed by atoms with E-state index >= 15 is 0 Å². The van der Waals surface area contributed by atoms with Gasteiger partial charge in [0.1, 0.15) is 0 Å². The summed E-state index contributed by atoms with van der Waals surface area (Å²) in [6.45, 7) is -0.189. The van der Waals surface area contributed by atoms with Crippen molar-refractivity contribution in [1.29, 1.82) is 0 Å². The Labute approximate surface area is 99.4 Å². The maximum atomic E-state index is 11.9. The van der Waals surface area contributed by atoms with Crippen molar-refractivity contribution >= 4 is 26.3 Å². The highest BCUT2D eigenvalue weighted by Crippen LogP contribution is 2.31. The fourth-order valence-corrected chi connectivity index (χ4v) is 2.80. The summed E-state index contributed by atoms with van der Waals surface area (Å²) in [5.41, 5.74) is -5.88. The highest BCUT2D eigenvalue weighted by molar-refractivity contribution is 8.10. The highest BCUT2D eigenvalue weighted by atomic mass is 32.3. The van der Waals surface area contributed by atoms with E-state index in [1.807, 2.05) is 0 Å². The van der Waals surface area contributed by atoms with Crippen LogP contribution in [0.25, 0.3) is 4.13 Å². The van der Waals surface area contributed by atoms with Gasteiger partial charge in [-0.1, -0.05) is 0 Å². The number of hydrogen-bond acceptors (Lipinski definition) is 7. The largest absolute Gasteiger partial charge is 0.480 e. The molecule has 0 N–H and O–H groups in total. The number of ether oxygens (including phenoxy) is 1. The van der Waals surface area contributed by atoms with Gasteiger partial charge >= 0.3 is 11.5 Å². The summed E-state index contributed by atoms with van der Waals surface area (Å²) >= 11 is 0. The molecule has 1 unspecified atom stereocenters. The van der Waals surface area contributed by atoms with Crippen LogP contribution in [0.4, 0.5) is 13.2 Å². The molecule has 1 aliphatic heterocycles. The lowest BCUT2D eigenvalue weighted by Gasteiger charge is -2.22. The van der Waals surface area contributed by atoms with Gasteiger partial charge < -0.3 is 8.86 Å². The topological polar surface area (TPSA) is 118 Å². The molecule has 1 fully saturated rings. The van der Waals surface area contributed by atoms with Crippen LogP contribution < -0.4 is 0 Å². The SMILES string of the molecule is O=C1OCCC1OS(=O)(=O)[N-]S(=O)(=O)C(F)(F)F. The van der Waals surface area contributed by atoms with Gasteiger partial charge in [0.25, 0.3) is 0 Å². The summed E-state index contributed by atoms with van der Waals surface area (Å²) in [5.74, 6) is -1.13. The van der Waals surface area contributed by atoms with Crippen LogP contribution in [0.3, 0.4) is 0 Å². The van der Waals surface area contributed by atoms with Crippen LogP contribution in [0.2, 0.25) is 0 Å². The number of alkyl halides is 3. The Hall–Kier alpha value is -0.920. The molecule has 1 heterocycles. The standard InChI is InChI=1S/C5H5F3NO7S2/c6-5(7,8)17(11,12)9-18(13,14)16-3-1-2-15-4(3)10/h3H,1-2H2/q-1. The van der Waals surface area contributed by atoms with Crippen LogP contribution in [0, 0.1) is 0 Å². The number of carbonyl (C=O) groups excluding carboxylic acids is 1. The van der Waals surface area contributed by atoms with E-state index in [2.05, 4.69) is 8.92 Å². The molecular weight excluding hydrogens is 307 g/mol. The van der Waals surface area contributed by atoms with Gasteiger partial charge in [-0.15, -0.1) is 0 Å². The fourth-order valence-electron chi connectivity index (χ4n) is 0.892. The molecule has 18 heavy (non-hydrogen) atoms. The lowest BCUT2D eigenvalue weighted by Crippen LogP contribution is -2.28. The first-order valence-electron chi connectivity index (χ1n) is 4.10. The van der Waals surface area contributed by atoms with E-state index in [1.165, 1.54) is 0 Å². The number of rotatable bonds is 4. The molecule has 0 aromatic heterocycles. The zero-order valence-electron chi connectivity index (χ0n) is 8.25. The molecular formula is C5H5F3NO7S2-. The minimum absolute atomic E-state index is 0.189. The van der Waals surface area contributed by atoms with Crippen molar-refractivity contribution in [2.24, 2.45) is 0 Å². The molecule has 0 spiro atoms. The van der Waals surface area contributed by atoms with E-state index in [1.54, 1.807) is 4.13 Å². The highest BCUT2D eigenvalue weighted by Gasteiger charge is 2.41. The van der Waals surface area contributed by atoms with Crippen molar-refractivity contribution < 1.29 is 43.7 Å². The molecule has 1 saturated heterocycles. The Morgan fingerprint density at radius 1 is 1.28 bits per heavy atom. The number of nitrogens with zero attached hydrogens (tertiary/aromatic N) is 1. The van der Waals surface area contributed by atoms with E-state index in [9.17, 15) is 34.8 Å². The van der Waals surface area contributed by atoms with Crippen molar-refractivity contribution in [1.82, 2.24) is 0 Å². The van der Waals surface area contributed by atoms with Gasteiger partial charge in [0.05, 0.1) is 6.61 Å². The third-order valence-corrected chi connectivity index (χ3v) is 4.18. The van der Waals surface area contributed by atoms with Crippen LogP contribution >= 0.6 is 0 Å². The first kappa shape index (κ1) is 15.1. The molecule has 0 bridgehead atoms. The van der Waals surface area contributed by atoms with Gasteiger partial charge in [-0.25, -0.2) is 21.6 Å². The lowest BCUT2D eigenvalue weighted by atomic mass is 10.3. The minimum atomic E-state index is -6.25. The summed E-state index contributed by atoms with van der Waals surface area (Å²) in [6, 6.07) is 0. The molecule has 0 aliphatic carbocycles. The predicted molar refractivity (Wildman–Crippen MR) is 47.7 cm³/mol. The van der Waals surface area contributed by atoms with Gasteiger partial charge in [-0.2, -0.15) is 13.2 Å². The Morgan fingerprint density at radius 3 is 2.22 bits per heavy atom. The van der Waals surface area contributed by atoms with Gasteiger partial charge in [0, 0.05) is 6.42 Å². The second-order valence-corrected chi connectivity index (χ2v) is 6.02. The Balaban J connectivity index is 2.81. The predicted octanol–water partition coefficient (Wildman–Crippen LogP) is -0.213. The molecule has 106 valence electrons. The van der Waals surface area contributed by atoms with Crippen molar-refractivity contribution in [2.75, 3.05) is 6.61 Å². The van der Waals surface area contributed by atoms with E-state index < -0.39 is 37.9 Å². The number of carbonyl (C=O) groups is 1. The number of halogens is 3. The van der Waals surface area contributed by atoms with Crippen molar-refractivity contribution in [3.63, 3.8) is 0 Å². The summed E-state index contributed by atoms with van der Waals surface area (Å²) in [7, 11) is -11.7. The molecule has 13 heteroatoms. The number of hydrogen-bond donors (Lipinski definition) is 0. The average molecular weight is 312 g/mol. The quantitative estimate of drug-likeness (QED) is 0.659. The number of cyclic esters (lactones) is 1. The first-order valence-corrected chi connectivity index (χ1v) is 6.90. The second-order valence-electron chi connectivity index (χ2n) is 2.96. The van der Waals surface area contributed by atoms with Crippen molar-refractivity contribution in [3.05, 3.63) is 4.13 Å². The Bertz CT molecular complexity index is 536. The molecule has 1 atom stereocenters. The van der Waals surface area contributed by atoms with Crippen LogP contribution in [0.5, 0.6) is 0 Å². The summed E-state index contributed by atoms with van der Waals surface area (Å²) in [6.07, 6.45) is -1.93. The maximum Gasteiger partial charge on any atom is 0.480 e. The molecule has 0 aromatic carbocycles. The smallest absolute Gasteiger partial charge is 0.464 e. The van der Waals surface area contributed by atoms with Gasteiger partial charge in [0.2, 0.25) is 10.3 Å². The van der Waals surface area contributed by atoms with Gasteiger partial charge in [-0.05, 0) is 0 Å². The fraction of sp³-hybridized carbons (Fsp3) is 0.800. The second kappa shape index (κ2) is 4.64. The van der Waals surface area contributed by atoms with Crippen LogP contribution in [-0.2, 0) is 34.0 Å². The molecule has 0 aromatic rings. The van der Waals surface area contributed by atoms with Crippen LogP contribution in [0.15, 0.2) is 0 Å². The molecule has 0 amide bonds. The molecule has 0 radical (unpaired) electrons. The number of esters is 1. The maximum absolute atomic E-state index is 11.9. The Kier molecular flexibility index (Phi) is 3.90. The normalized spacial score (nSPS) is 21.9. The monoisotopic (exact) mass is 312 g/mol. The summed E-state index contributed by atoms with van der Waals surface area (Å²) in [5, 5.41) is 0. The van der Waals surface area contributed by atoms with E-state index in [-0.39, 0.29) is 13.0 Å². The van der Waals surface area contributed by atoms with E-state index in [4.69, 9.17) is 0 Å². The van der Waals surface area contributed by atoms with Crippen molar-refractivity contribution in [3.8, 4) is 0 Å². The Morgan fingerprint density at radius 2 is 1.83 bits per heavy atom. The third-order valence-electron chi connectivity index (χ3n) is 1.61. The first-order chi connectivity index (χ1) is 7.95. The molecule has 1 rings (SSSR count). The lowest BCUT2D eigenvalue weighted by molar-refractivity contribution is -0.143. The zero-order chi connectivity index (χ0) is 14.2. The van der Waals surface area contributed by atoms with E-state index in [0.29, 0.717) is 0 Å². The molecule has 1 aliphatic rings. The molecule has 0 saturated carbocycles. The van der Waals surface area contributed by atoms with Gasteiger partial charge in [-0.3, -0.25) is 4.18 Å². The third kappa shape index (κ3) is 3.54. The number of sulfonamides is 1. The zero-order valence-corrected chi connectivity index (χ0v) is 9.88. The van der Waals surface area contributed by atoms with Crippen molar-refractivity contribution in [2.45, 2.75) is 18.0 Å². The molecule has 8 nitrogen and oxygen atoms in total. The van der Waals surface area contributed by atoms with Crippen LogP contribution in [-0.4, -0.2) is 41.0 Å².